The van der Waals surface area contributed by atoms with E-state index < -0.39 is 0 Å². The van der Waals surface area contributed by atoms with Crippen LogP contribution in [0.15, 0.2) is 122 Å². The molecule has 0 aliphatic rings. The average Bonchev–Trinajstić information content (AvgIpc) is 3.54. The Morgan fingerprint density at radius 1 is 0.659 bits per heavy atom. The van der Waals surface area contributed by atoms with E-state index in [0.29, 0.717) is 0 Å². The quantitative estimate of drug-likeness (QED) is 0.229. The fourth-order valence-electron chi connectivity index (χ4n) is 6.49. The normalized spacial score (nSPS) is 12.0. The van der Waals surface area contributed by atoms with Crippen LogP contribution in [0, 0.1) is 0 Å². The van der Waals surface area contributed by atoms with Gasteiger partial charge < -0.3 is 4.57 Å². The predicted octanol–water partition coefficient (Wildman–Crippen LogP) is 9.50. The van der Waals surface area contributed by atoms with Crippen molar-refractivity contribution in [1.29, 1.82) is 0 Å². The lowest BCUT2D eigenvalue weighted by Crippen LogP contribution is -2.03. The molecule has 8 rings (SSSR count). The van der Waals surface area contributed by atoms with Gasteiger partial charge in [0.15, 0.2) is 0 Å². The average molecular weight is 527 g/mol. The van der Waals surface area contributed by atoms with Crippen LogP contribution in [0.4, 0.5) is 0 Å². The topological polar surface area (TPSA) is 35.6 Å². The van der Waals surface area contributed by atoms with Gasteiger partial charge in [0.2, 0.25) is 0 Å². The molecule has 0 N–H and O–H groups in total. The van der Waals surface area contributed by atoms with Gasteiger partial charge in [0.25, 0.3) is 0 Å². The number of hydrogen-bond acceptors (Lipinski definition) is 2. The minimum absolute atomic E-state index is 0.892. The summed E-state index contributed by atoms with van der Waals surface area (Å²) in [6.07, 6.45) is 10.0. The molecule has 0 aliphatic carbocycles. The van der Waals surface area contributed by atoms with Gasteiger partial charge in [-0.05, 0) is 48.7 Å². The number of nitrogens with zero attached hydrogens (tertiary/aromatic N) is 4. The Hall–Kier alpha value is -5.48. The number of benzene rings is 4. The van der Waals surface area contributed by atoms with Gasteiger partial charge >= 0.3 is 0 Å². The SMILES string of the molecule is C=Cc1c(/C=C\C)n(-c2nccc3ccccc23)c2c1c1cccnc1c1c3ccccc3n(-c3ccccc3)c12. The van der Waals surface area contributed by atoms with Crippen molar-refractivity contribution in [1.82, 2.24) is 19.1 Å². The predicted molar refractivity (Wildman–Crippen MR) is 173 cm³/mol. The van der Waals surface area contributed by atoms with E-state index >= 15 is 0 Å². The Balaban J connectivity index is 1.76. The van der Waals surface area contributed by atoms with E-state index in [0.717, 1.165) is 71.8 Å². The molecule has 194 valence electrons. The highest BCUT2D eigenvalue weighted by molar-refractivity contribution is 6.32. The summed E-state index contributed by atoms with van der Waals surface area (Å²) in [7, 11) is 0. The van der Waals surface area contributed by atoms with Gasteiger partial charge in [-0.15, -0.1) is 0 Å². The molecule has 0 radical (unpaired) electrons. The van der Waals surface area contributed by atoms with Crippen LogP contribution in [0.25, 0.3) is 78.0 Å². The van der Waals surface area contributed by atoms with Crippen LogP contribution in [-0.4, -0.2) is 19.1 Å². The first-order valence-electron chi connectivity index (χ1n) is 13.8. The lowest BCUT2D eigenvalue weighted by Gasteiger charge is -2.15. The monoisotopic (exact) mass is 526 g/mol. The van der Waals surface area contributed by atoms with Crippen molar-refractivity contribution in [2.45, 2.75) is 6.92 Å². The molecule has 4 nitrogen and oxygen atoms in total. The molecule has 4 aromatic carbocycles. The van der Waals surface area contributed by atoms with Gasteiger partial charge in [-0.2, -0.15) is 0 Å². The third-order valence-electron chi connectivity index (χ3n) is 8.07. The van der Waals surface area contributed by atoms with E-state index in [1.165, 1.54) is 5.39 Å². The molecule has 41 heavy (non-hydrogen) atoms. The summed E-state index contributed by atoms with van der Waals surface area (Å²) in [5.74, 6) is 0.892. The highest BCUT2D eigenvalue weighted by atomic mass is 15.1. The van der Waals surface area contributed by atoms with Crippen LogP contribution >= 0.6 is 0 Å². The van der Waals surface area contributed by atoms with E-state index in [4.69, 9.17) is 9.97 Å². The maximum atomic E-state index is 5.03. The number of pyridine rings is 2. The highest BCUT2D eigenvalue weighted by Crippen LogP contribution is 2.46. The Morgan fingerprint density at radius 2 is 1.39 bits per heavy atom. The summed E-state index contributed by atoms with van der Waals surface area (Å²) in [4.78, 5) is 10.0. The van der Waals surface area contributed by atoms with E-state index in [9.17, 15) is 0 Å². The molecule has 4 aromatic heterocycles. The lowest BCUT2D eigenvalue weighted by atomic mass is 10.0. The molecule has 0 fully saturated rings. The number of aromatic nitrogens is 4. The molecule has 4 heterocycles. The van der Waals surface area contributed by atoms with Gasteiger partial charge in [0.1, 0.15) is 5.82 Å². The summed E-state index contributed by atoms with van der Waals surface area (Å²) in [5.41, 5.74) is 7.53. The Kier molecular flexibility index (Phi) is 5.16. The number of para-hydroxylation sites is 2. The lowest BCUT2D eigenvalue weighted by molar-refractivity contribution is 1.04. The Morgan fingerprint density at radius 3 is 2.22 bits per heavy atom. The van der Waals surface area contributed by atoms with Gasteiger partial charge in [0.05, 0.1) is 27.8 Å². The second-order valence-corrected chi connectivity index (χ2v) is 10.2. The molecule has 0 aliphatic heterocycles. The van der Waals surface area contributed by atoms with Crippen LogP contribution in [-0.2, 0) is 0 Å². The van der Waals surface area contributed by atoms with Crippen molar-refractivity contribution < 1.29 is 0 Å². The van der Waals surface area contributed by atoms with Gasteiger partial charge in [-0.3, -0.25) is 9.55 Å². The maximum absolute atomic E-state index is 5.03. The summed E-state index contributed by atoms with van der Waals surface area (Å²) in [5, 5.41) is 6.77. The van der Waals surface area contributed by atoms with Gasteiger partial charge in [-0.1, -0.05) is 85.5 Å². The van der Waals surface area contributed by atoms with Crippen molar-refractivity contribution in [2.75, 3.05) is 0 Å². The highest BCUT2D eigenvalue weighted by Gasteiger charge is 2.27. The zero-order valence-corrected chi connectivity index (χ0v) is 22.6. The fraction of sp³-hybridized carbons (Fsp3) is 0.0270. The van der Waals surface area contributed by atoms with Crippen LogP contribution in [0.3, 0.4) is 0 Å². The van der Waals surface area contributed by atoms with Crippen LogP contribution in [0.1, 0.15) is 18.2 Å². The zero-order chi connectivity index (χ0) is 27.5. The second kappa shape index (κ2) is 9.04. The molecule has 0 amide bonds. The standard InChI is InChI=1S/C37H26N4/c1-3-13-30-26(4-2)32-29-19-12-22-38-34(29)33-28-18-10-11-20-31(28)40(25-15-6-5-7-16-25)36(33)35(32)41(30)37-27-17-9-8-14-24(27)21-23-39-37/h3-23H,2H2,1H3/b13-3-. The molecule has 0 unspecified atom stereocenters. The Bertz CT molecular complexity index is 2330. The molecular formula is C37H26N4. The molecule has 4 heteroatoms. The first-order valence-corrected chi connectivity index (χ1v) is 13.8. The van der Waals surface area contributed by atoms with Crippen LogP contribution < -0.4 is 0 Å². The molecule has 0 atom stereocenters. The summed E-state index contributed by atoms with van der Waals surface area (Å²) < 4.78 is 4.72. The van der Waals surface area contributed by atoms with Crippen molar-refractivity contribution in [3.63, 3.8) is 0 Å². The van der Waals surface area contributed by atoms with E-state index in [-0.39, 0.29) is 0 Å². The minimum atomic E-state index is 0.892. The maximum Gasteiger partial charge on any atom is 0.145 e. The first kappa shape index (κ1) is 23.4. The first-order chi connectivity index (χ1) is 20.3. The van der Waals surface area contributed by atoms with Crippen molar-refractivity contribution >= 4 is 66.5 Å². The second-order valence-electron chi connectivity index (χ2n) is 10.2. The number of allylic oxidation sites excluding steroid dienone is 1. The van der Waals surface area contributed by atoms with Gasteiger partial charge in [0, 0.05) is 50.6 Å². The summed E-state index contributed by atoms with van der Waals surface area (Å²) >= 11 is 0. The van der Waals surface area contributed by atoms with Crippen molar-refractivity contribution in [2.24, 2.45) is 0 Å². The van der Waals surface area contributed by atoms with Crippen molar-refractivity contribution in [3.05, 3.63) is 133 Å². The molecule has 0 spiro atoms. The molecule has 0 saturated carbocycles. The van der Waals surface area contributed by atoms with Crippen LogP contribution in [0.5, 0.6) is 0 Å². The van der Waals surface area contributed by atoms with E-state index in [1.807, 2.05) is 24.5 Å². The summed E-state index contributed by atoms with van der Waals surface area (Å²) in [6, 6.07) is 34.0. The van der Waals surface area contributed by atoms with Gasteiger partial charge in [-0.25, -0.2) is 4.98 Å². The smallest absolute Gasteiger partial charge is 0.145 e. The third-order valence-corrected chi connectivity index (χ3v) is 8.07. The largest absolute Gasteiger partial charge is 0.307 e. The number of rotatable bonds is 4. The van der Waals surface area contributed by atoms with Crippen LogP contribution in [0.2, 0.25) is 0 Å². The number of hydrogen-bond donors (Lipinski definition) is 0. The van der Waals surface area contributed by atoms with E-state index in [2.05, 4.69) is 126 Å². The summed E-state index contributed by atoms with van der Waals surface area (Å²) in [6.45, 7) is 6.37. The third kappa shape index (κ3) is 3.22. The number of fused-ring (bicyclic) bond motifs is 9. The van der Waals surface area contributed by atoms with Crippen molar-refractivity contribution in [3.8, 4) is 11.5 Å². The molecule has 0 saturated heterocycles. The minimum Gasteiger partial charge on any atom is -0.307 e. The fourth-order valence-corrected chi connectivity index (χ4v) is 6.49. The molecular weight excluding hydrogens is 500 g/mol. The zero-order valence-electron chi connectivity index (χ0n) is 22.6. The Labute approximate surface area is 237 Å². The van der Waals surface area contributed by atoms with E-state index in [1.54, 1.807) is 0 Å². The molecule has 8 aromatic rings. The molecule has 0 bridgehead atoms.